The molecule has 0 saturated heterocycles. The van der Waals surface area contributed by atoms with Crippen molar-refractivity contribution in [3.05, 3.63) is 84.1 Å². The van der Waals surface area contributed by atoms with E-state index in [0.717, 1.165) is 16.9 Å². The molecule has 0 saturated carbocycles. The third kappa shape index (κ3) is 4.66. The first kappa shape index (κ1) is 14.6. The van der Waals surface area contributed by atoms with Gasteiger partial charge < -0.3 is 11.1 Å². The second-order valence-corrected chi connectivity index (χ2v) is 4.69. The number of hydrogen-bond acceptors (Lipinski definition) is 3. The summed E-state index contributed by atoms with van der Waals surface area (Å²) in [6.45, 7) is 1.84. The first-order valence-electron chi connectivity index (χ1n) is 6.72. The second-order valence-electron chi connectivity index (χ2n) is 4.69. The fourth-order valence-corrected chi connectivity index (χ4v) is 1.91. The number of anilines is 1. The fraction of sp³-hybridized carbons (Fsp3) is 0.0556. The molecule has 0 fully saturated rings. The van der Waals surface area contributed by atoms with Gasteiger partial charge in [-0.05, 0) is 24.6 Å². The molecular weight excluding hydrogens is 260 g/mol. The van der Waals surface area contributed by atoms with Gasteiger partial charge in [-0.25, -0.2) is 0 Å². The zero-order chi connectivity index (χ0) is 15.1. The van der Waals surface area contributed by atoms with Crippen LogP contribution < -0.4 is 11.1 Å². The zero-order valence-electron chi connectivity index (χ0n) is 11.9. The van der Waals surface area contributed by atoms with Gasteiger partial charge in [0.25, 0.3) is 0 Å². The van der Waals surface area contributed by atoms with E-state index in [1.165, 1.54) is 12.2 Å². The van der Waals surface area contributed by atoms with Gasteiger partial charge in [-0.3, -0.25) is 4.79 Å². The lowest BCUT2D eigenvalue weighted by Gasteiger charge is -2.05. The van der Waals surface area contributed by atoms with Crippen molar-refractivity contribution in [3.8, 4) is 0 Å². The molecule has 3 heteroatoms. The molecule has 0 aliphatic heterocycles. The van der Waals surface area contributed by atoms with Gasteiger partial charge in [-0.1, -0.05) is 48.5 Å². The van der Waals surface area contributed by atoms with Crippen LogP contribution in [0.5, 0.6) is 0 Å². The zero-order valence-corrected chi connectivity index (χ0v) is 11.9. The van der Waals surface area contributed by atoms with Crippen LogP contribution in [0.2, 0.25) is 0 Å². The van der Waals surface area contributed by atoms with Crippen LogP contribution >= 0.6 is 0 Å². The SMILES string of the molecule is C/C(=C/C(=O)/C=C(\N)c1ccccc1)Nc1ccccc1. The quantitative estimate of drug-likeness (QED) is 0.822. The highest BCUT2D eigenvalue weighted by atomic mass is 16.1. The number of nitrogens with two attached hydrogens (primary N) is 1. The molecule has 0 spiro atoms. The van der Waals surface area contributed by atoms with Gasteiger partial charge >= 0.3 is 0 Å². The van der Waals surface area contributed by atoms with Gasteiger partial charge in [0.05, 0.1) is 0 Å². The second kappa shape index (κ2) is 7.10. The molecule has 2 aromatic rings. The summed E-state index contributed by atoms with van der Waals surface area (Å²) in [5.74, 6) is -0.141. The smallest absolute Gasteiger partial charge is 0.182 e. The Kier molecular flexibility index (Phi) is 4.94. The number of ketones is 1. The van der Waals surface area contributed by atoms with E-state index in [1.807, 2.05) is 67.6 Å². The number of carbonyl (C=O) groups is 1. The van der Waals surface area contributed by atoms with Crippen LogP contribution in [0.15, 0.2) is 78.5 Å². The molecule has 106 valence electrons. The molecule has 0 unspecified atom stereocenters. The summed E-state index contributed by atoms with van der Waals surface area (Å²) in [5, 5.41) is 3.16. The predicted molar refractivity (Wildman–Crippen MR) is 87.4 cm³/mol. The van der Waals surface area contributed by atoms with Crippen LogP contribution in [0.25, 0.3) is 5.70 Å². The summed E-state index contributed by atoms with van der Waals surface area (Å²) in [6, 6.07) is 19.1. The van der Waals surface area contributed by atoms with Crippen molar-refractivity contribution in [2.75, 3.05) is 5.32 Å². The Labute approximate surface area is 124 Å². The third-order valence-electron chi connectivity index (χ3n) is 2.88. The van der Waals surface area contributed by atoms with E-state index in [2.05, 4.69) is 5.32 Å². The van der Waals surface area contributed by atoms with Crippen LogP contribution in [0.4, 0.5) is 5.69 Å². The lowest BCUT2D eigenvalue weighted by atomic mass is 10.1. The van der Waals surface area contributed by atoms with Crippen molar-refractivity contribution >= 4 is 17.2 Å². The minimum absolute atomic E-state index is 0.141. The van der Waals surface area contributed by atoms with E-state index in [0.29, 0.717) is 5.70 Å². The Morgan fingerprint density at radius 3 is 2.14 bits per heavy atom. The number of carbonyl (C=O) groups excluding carboxylic acids is 1. The Hall–Kier alpha value is -2.81. The molecule has 2 aromatic carbocycles. The summed E-state index contributed by atoms with van der Waals surface area (Å²) >= 11 is 0. The van der Waals surface area contributed by atoms with E-state index < -0.39 is 0 Å². The number of hydrogen-bond donors (Lipinski definition) is 2. The van der Waals surface area contributed by atoms with Crippen molar-refractivity contribution < 1.29 is 4.79 Å². The van der Waals surface area contributed by atoms with Gasteiger partial charge in [0.15, 0.2) is 5.78 Å². The first-order chi connectivity index (χ1) is 10.1. The van der Waals surface area contributed by atoms with Gasteiger partial charge in [0, 0.05) is 29.2 Å². The molecule has 0 aliphatic carbocycles. The Morgan fingerprint density at radius 1 is 0.952 bits per heavy atom. The van der Waals surface area contributed by atoms with E-state index >= 15 is 0 Å². The number of rotatable bonds is 5. The molecule has 2 rings (SSSR count). The fourth-order valence-electron chi connectivity index (χ4n) is 1.91. The molecule has 0 aromatic heterocycles. The van der Waals surface area contributed by atoms with Gasteiger partial charge in [-0.2, -0.15) is 0 Å². The van der Waals surface area contributed by atoms with Crippen molar-refractivity contribution in [2.24, 2.45) is 5.73 Å². The average Bonchev–Trinajstić information content (AvgIpc) is 2.48. The number of para-hydroxylation sites is 1. The molecular formula is C18H18N2O. The molecule has 0 bridgehead atoms. The summed E-state index contributed by atoms with van der Waals surface area (Å²) in [6.07, 6.45) is 2.97. The highest BCUT2D eigenvalue weighted by molar-refractivity contribution is 6.04. The van der Waals surface area contributed by atoms with E-state index in [4.69, 9.17) is 5.73 Å². The maximum Gasteiger partial charge on any atom is 0.182 e. The van der Waals surface area contributed by atoms with Crippen LogP contribution in [-0.2, 0) is 4.79 Å². The lowest BCUT2D eigenvalue weighted by Crippen LogP contribution is -2.02. The van der Waals surface area contributed by atoms with Gasteiger partial charge in [0.1, 0.15) is 0 Å². The van der Waals surface area contributed by atoms with Gasteiger partial charge in [-0.15, -0.1) is 0 Å². The molecule has 3 nitrogen and oxygen atoms in total. The van der Waals surface area contributed by atoms with Crippen LogP contribution in [0, 0.1) is 0 Å². The number of nitrogens with one attached hydrogen (secondary N) is 1. The van der Waals surface area contributed by atoms with Crippen LogP contribution in [0.1, 0.15) is 12.5 Å². The van der Waals surface area contributed by atoms with Crippen LogP contribution in [0.3, 0.4) is 0 Å². The van der Waals surface area contributed by atoms with Crippen molar-refractivity contribution in [1.82, 2.24) is 0 Å². The molecule has 21 heavy (non-hydrogen) atoms. The van der Waals surface area contributed by atoms with Gasteiger partial charge in [0.2, 0.25) is 0 Å². The first-order valence-corrected chi connectivity index (χ1v) is 6.72. The number of benzene rings is 2. The number of allylic oxidation sites excluding steroid dienone is 3. The minimum atomic E-state index is -0.141. The minimum Gasteiger partial charge on any atom is -0.398 e. The van der Waals surface area contributed by atoms with Crippen LogP contribution in [-0.4, -0.2) is 5.78 Å². The van der Waals surface area contributed by atoms with Crippen molar-refractivity contribution in [3.63, 3.8) is 0 Å². The normalized spacial score (nSPS) is 12.0. The third-order valence-corrected chi connectivity index (χ3v) is 2.88. The molecule has 0 amide bonds. The maximum atomic E-state index is 12.0. The summed E-state index contributed by atoms with van der Waals surface area (Å²) in [7, 11) is 0. The summed E-state index contributed by atoms with van der Waals surface area (Å²) < 4.78 is 0. The molecule has 0 radical (unpaired) electrons. The average molecular weight is 278 g/mol. The van der Waals surface area contributed by atoms with E-state index in [-0.39, 0.29) is 5.78 Å². The van der Waals surface area contributed by atoms with E-state index in [9.17, 15) is 4.79 Å². The Bertz CT molecular complexity index is 658. The monoisotopic (exact) mass is 278 g/mol. The molecule has 0 atom stereocenters. The van der Waals surface area contributed by atoms with Crippen molar-refractivity contribution in [2.45, 2.75) is 6.92 Å². The molecule has 3 N–H and O–H groups in total. The highest BCUT2D eigenvalue weighted by Gasteiger charge is 2.00. The maximum absolute atomic E-state index is 12.0. The Balaban J connectivity index is 2.05. The summed E-state index contributed by atoms with van der Waals surface area (Å²) in [5.41, 5.74) is 8.93. The molecule has 0 heterocycles. The van der Waals surface area contributed by atoms with Crippen molar-refractivity contribution in [1.29, 1.82) is 0 Å². The lowest BCUT2D eigenvalue weighted by molar-refractivity contribution is -0.110. The summed E-state index contributed by atoms with van der Waals surface area (Å²) in [4.78, 5) is 12.0. The predicted octanol–water partition coefficient (Wildman–Crippen LogP) is 3.57. The largest absolute Gasteiger partial charge is 0.398 e. The Morgan fingerprint density at radius 2 is 1.52 bits per heavy atom. The topological polar surface area (TPSA) is 55.1 Å². The van der Waals surface area contributed by atoms with E-state index in [1.54, 1.807) is 0 Å². The standard InChI is InChI=1S/C18H18N2O/c1-14(20-16-10-6-3-7-11-16)12-17(21)13-18(19)15-8-4-2-5-9-15/h2-13,20H,19H2,1H3/b14-12-,18-13-. The molecule has 0 aliphatic rings. The highest BCUT2D eigenvalue weighted by Crippen LogP contribution is 2.10.